The number of quaternary nitrogens is 1. The van der Waals surface area contributed by atoms with Crippen LogP contribution in [0, 0.1) is 23.5 Å². The highest BCUT2D eigenvalue weighted by Crippen LogP contribution is 2.47. The standard InChI is InChI=1S/C16H27NO2/c1-4-6-11-17(19)13(3)12-16(18,5-2)14-9-7-8-10-15(14)17/h2,13-15,18H,4,6-12H2,1,3H3. The van der Waals surface area contributed by atoms with Gasteiger partial charge in [0.1, 0.15) is 5.60 Å². The Hall–Kier alpha value is -0.560. The molecule has 108 valence electrons. The Balaban J connectivity index is 2.29. The molecular weight excluding hydrogens is 238 g/mol. The van der Waals surface area contributed by atoms with E-state index < -0.39 is 5.60 Å². The summed E-state index contributed by atoms with van der Waals surface area (Å²) in [5.74, 6) is 2.61. The van der Waals surface area contributed by atoms with Crippen molar-refractivity contribution in [1.82, 2.24) is 0 Å². The van der Waals surface area contributed by atoms with E-state index in [-0.39, 0.29) is 22.6 Å². The molecule has 1 aliphatic carbocycles. The Labute approximate surface area is 117 Å². The molecule has 1 N–H and O–H groups in total. The summed E-state index contributed by atoms with van der Waals surface area (Å²) >= 11 is 0. The SMILES string of the molecule is C#CC1(O)CC(C)[N+]([O-])(CCCC)C2CCCCC21. The zero-order valence-corrected chi connectivity index (χ0v) is 12.3. The van der Waals surface area contributed by atoms with Crippen molar-refractivity contribution in [3.63, 3.8) is 0 Å². The van der Waals surface area contributed by atoms with Crippen molar-refractivity contribution in [2.24, 2.45) is 5.92 Å². The lowest BCUT2D eigenvalue weighted by molar-refractivity contribution is -0.940. The molecule has 0 bridgehead atoms. The van der Waals surface area contributed by atoms with Crippen LogP contribution < -0.4 is 0 Å². The van der Waals surface area contributed by atoms with Gasteiger partial charge in [0.05, 0.1) is 24.5 Å². The molecule has 3 heteroatoms. The number of rotatable bonds is 3. The van der Waals surface area contributed by atoms with Gasteiger partial charge >= 0.3 is 0 Å². The molecule has 1 saturated carbocycles. The maximum absolute atomic E-state index is 13.3. The second kappa shape index (κ2) is 5.44. The Morgan fingerprint density at radius 3 is 2.74 bits per heavy atom. The van der Waals surface area contributed by atoms with Gasteiger partial charge in [-0.25, -0.2) is 0 Å². The largest absolute Gasteiger partial charge is 0.632 e. The van der Waals surface area contributed by atoms with Crippen LogP contribution in [0.2, 0.25) is 0 Å². The van der Waals surface area contributed by atoms with Crippen molar-refractivity contribution >= 4 is 0 Å². The minimum atomic E-state index is -1.05. The molecule has 5 unspecified atom stereocenters. The fourth-order valence-corrected chi connectivity index (χ4v) is 4.23. The Morgan fingerprint density at radius 2 is 2.11 bits per heavy atom. The molecule has 2 rings (SSSR count). The predicted octanol–water partition coefficient (Wildman–Crippen LogP) is 2.82. The van der Waals surface area contributed by atoms with Gasteiger partial charge in [-0.1, -0.05) is 25.7 Å². The number of likely N-dealkylation sites (tertiary alicyclic amines) is 1. The summed E-state index contributed by atoms with van der Waals surface area (Å²) in [4.78, 5) is 0. The number of fused-ring (bicyclic) bond motifs is 1. The van der Waals surface area contributed by atoms with E-state index in [0.29, 0.717) is 13.0 Å². The molecule has 0 aromatic heterocycles. The van der Waals surface area contributed by atoms with Crippen molar-refractivity contribution in [3.05, 3.63) is 5.21 Å². The molecular formula is C16H27NO2. The number of aliphatic hydroxyl groups is 1. The fraction of sp³-hybridized carbons (Fsp3) is 0.875. The third-order valence-corrected chi connectivity index (χ3v) is 5.37. The van der Waals surface area contributed by atoms with Crippen molar-refractivity contribution in [1.29, 1.82) is 0 Å². The van der Waals surface area contributed by atoms with Gasteiger partial charge in [-0.3, -0.25) is 0 Å². The van der Waals surface area contributed by atoms with Gasteiger partial charge in [-0.15, -0.1) is 6.42 Å². The van der Waals surface area contributed by atoms with Crippen LogP contribution in [0.4, 0.5) is 0 Å². The maximum Gasteiger partial charge on any atom is 0.139 e. The van der Waals surface area contributed by atoms with Crippen LogP contribution >= 0.6 is 0 Å². The van der Waals surface area contributed by atoms with Crippen LogP contribution in [0.3, 0.4) is 0 Å². The van der Waals surface area contributed by atoms with E-state index in [0.717, 1.165) is 38.5 Å². The quantitative estimate of drug-likeness (QED) is 0.484. The van der Waals surface area contributed by atoms with E-state index in [4.69, 9.17) is 6.42 Å². The molecule has 0 aromatic rings. The van der Waals surface area contributed by atoms with Crippen LogP contribution in [-0.4, -0.2) is 34.0 Å². The summed E-state index contributed by atoms with van der Waals surface area (Å²) in [5.41, 5.74) is -1.05. The Bertz CT molecular complexity index is 364. The molecule has 5 atom stereocenters. The summed E-state index contributed by atoms with van der Waals surface area (Å²) in [7, 11) is 0. The lowest BCUT2D eigenvalue weighted by Gasteiger charge is -2.62. The van der Waals surface area contributed by atoms with Gasteiger partial charge in [-0.2, -0.15) is 0 Å². The second-order valence-electron chi connectivity index (χ2n) is 6.51. The molecule has 19 heavy (non-hydrogen) atoms. The van der Waals surface area contributed by atoms with Crippen molar-refractivity contribution in [2.75, 3.05) is 6.54 Å². The average molecular weight is 265 g/mol. The van der Waals surface area contributed by atoms with Crippen molar-refractivity contribution in [3.8, 4) is 12.3 Å². The highest BCUT2D eigenvalue weighted by atomic mass is 16.6. The molecule has 3 nitrogen and oxygen atoms in total. The van der Waals surface area contributed by atoms with Crippen LogP contribution in [-0.2, 0) is 0 Å². The number of hydrogen-bond acceptors (Lipinski definition) is 2. The van der Waals surface area contributed by atoms with Crippen molar-refractivity contribution in [2.45, 2.75) is 76.5 Å². The van der Waals surface area contributed by atoms with Gasteiger partial charge in [-0.05, 0) is 26.2 Å². The van der Waals surface area contributed by atoms with E-state index in [9.17, 15) is 10.3 Å². The number of terminal acetylenes is 1. The molecule has 2 fully saturated rings. The van der Waals surface area contributed by atoms with Crippen LogP contribution in [0.15, 0.2) is 0 Å². The highest BCUT2D eigenvalue weighted by Gasteiger charge is 2.55. The van der Waals surface area contributed by atoms with Gasteiger partial charge in [0, 0.05) is 12.8 Å². The lowest BCUT2D eigenvalue weighted by Crippen LogP contribution is -2.69. The first-order chi connectivity index (χ1) is 8.98. The smallest absolute Gasteiger partial charge is 0.139 e. The van der Waals surface area contributed by atoms with E-state index >= 15 is 0 Å². The molecule has 0 aromatic carbocycles. The number of hydrogen-bond donors (Lipinski definition) is 1. The van der Waals surface area contributed by atoms with Gasteiger partial charge < -0.3 is 15.0 Å². The zero-order chi connectivity index (χ0) is 14.1. The second-order valence-corrected chi connectivity index (χ2v) is 6.51. The van der Waals surface area contributed by atoms with Gasteiger partial charge in [0.2, 0.25) is 0 Å². The molecule has 1 heterocycles. The summed E-state index contributed by atoms with van der Waals surface area (Å²) < 4.78 is -0.123. The molecule has 1 saturated heterocycles. The van der Waals surface area contributed by atoms with Crippen LogP contribution in [0.25, 0.3) is 0 Å². The molecule has 1 aliphatic heterocycles. The minimum Gasteiger partial charge on any atom is -0.632 e. The van der Waals surface area contributed by atoms with Gasteiger partial charge in [0.25, 0.3) is 0 Å². The molecule has 0 spiro atoms. The number of unbranched alkanes of at least 4 members (excludes halogenated alkanes) is 1. The van der Waals surface area contributed by atoms with Gasteiger partial charge in [0.15, 0.2) is 0 Å². The predicted molar refractivity (Wildman–Crippen MR) is 77.0 cm³/mol. The first-order valence-electron chi connectivity index (χ1n) is 7.76. The average Bonchev–Trinajstić information content (AvgIpc) is 2.43. The molecule has 2 aliphatic rings. The van der Waals surface area contributed by atoms with Crippen LogP contribution in [0.1, 0.15) is 58.8 Å². The topological polar surface area (TPSA) is 43.3 Å². The molecule has 0 radical (unpaired) electrons. The number of hydroxylamine groups is 3. The number of nitrogens with zero attached hydrogens (tertiary/aromatic N) is 1. The fourth-order valence-electron chi connectivity index (χ4n) is 4.23. The first-order valence-corrected chi connectivity index (χ1v) is 7.76. The maximum atomic E-state index is 13.3. The summed E-state index contributed by atoms with van der Waals surface area (Å²) in [6, 6.07) is -0.0861. The van der Waals surface area contributed by atoms with Crippen LogP contribution in [0.5, 0.6) is 0 Å². The first kappa shape index (κ1) is 14.8. The minimum absolute atomic E-state index is 0.00296. The highest BCUT2D eigenvalue weighted by molar-refractivity contribution is 5.15. The van der Waals surface area contributed by atoms with E-state index in [1.807, 2.05) is 6.92 Å². The summed E-state index contributed by atoms with van der Waals surface area (Å²) in [5, 5.41) is 24.1. The Kier molecular flexibility index (Phi) is 4.25. The summed E-state index contributed by atoms with van der Waals surface area (Å²) in [6.07, 6.45) is 12.1. The number of piperidine rings is 1. The normalized spacial score (nSPS) is 46.4. The van der Waals surface area contributed by atoms with E-state index in [1.54, 1.807) is 0 Å². The lowest BCUT2D eigenvalue weighted by atomic mass is 9.67. The van der Waals surface area contributed by atoms with E-state index in [2.05, 4.69) is 12.8 Å². The Morgan fingerprint density at radius 1 is 1.42 bits per heavy atom. The van der Waals surface area contributed by atoms with Crippen molar-refractivity contribution < 1.29 is 9.75 Å². The zero-order valence-electron chi connectivity index (χ0n) is 12.3. The molecule has 0 amide bonds. The third-order valence-electron chi connectivity index (χ3n) is 5.37. The van der Waals surface area contributed by atoms with E-state index in [1.165, 1.54) is 0 Å². The third kappa shape index (κ3) is 2.42. The summed E-state index contributed by atoms with van der Waals surface area (Å²) in [6.45, 7) is 4.77. The monoisotopic (exact) mass is 265 g/mol.